The Bertz CT molecular complexity index is 1310. The number of halogens is 5. The van der Waals surface area contributed by atoms with E-state index in [1.165, 1.54) is 32.0 Å². The second-order valence-corrected chi connectivity index (χ2v) is 11.4. The molecular weight excluding hydrogens is 521 g/mol. The number of amides is 1. The molecule has 3 atom stereocenters. The molecule has 7 nitrogen and oxygen atoms in total. The molecule has 1 amide bonds. The zero-order chi connectivity index (χ0) is 27.9. The molecule has 0 bridgehead atoms. The molecule has 2 N–H and O–H groups in total. The van der Waals surface area contributed by atoms with Gasteiger partial charge in [-0.15, -0.1) is 0 Å². The molecule has 0 spiro atoms. The highest BCUT2D eigenvalue weighted by atomic mass is 32.2. The second-order valence-electron chi connectivity index (χ2n) is 9.45. The van der Waals surface area contributed by atoms with Crippen LogP contribution in [-0.4, -0.2) is 57.4 Å². The van der Waals surface area contributed by atoms with Crippen molar-refractivity contribution in [2.45, 2.75) is 50.8 Å². The van der Waals surface area contributed by atoms with Crippen LogP contribution in [0.15, 0.2) is 36.4 Å². The number of carbonyl (C=O) groups is 2. The third-order valence-electron chi connectivity index (χ3n) is 5.83. The van der Waals surface area contributed by atoms with Gasteiger partial charge < -0.3 is 9.64 Å². The van der Waals surface area contributed by atoms with Crippen LogP contribution in [0.5, 0.6) is 0 Å². The van der Waals surface area contributed by atoms with Crippen molar-refractivity contribution in [3.63, 3.8) is 0 Å². The minimum atomic E-state index is -3.71. The number of likely N-dealkylation sites (tertiary alicyclic amines) is 1. The molecule has 0 aromatic heterocycles. The van der Waals surface area contributed by atoms with Gasteiger partial charge in [-0.3, -0.25) is 9.59 Å². The lowest BCUT2D eigenvalue weighted by atomic mass is 9.94. The van der Waals surface area contributed by atoms with Crippen LogP contribution in [0.4, 0.5) is 22.0 Å². The number of hydrogen-bond acceptors (Lipinski definition) is 5. The minimum Gasteiger partial charge on any atom is -0.450 e. The number of nitrogens with zero attached hydrogens (tertiary/aromatic N) is 1. The van der Waals surface area contributed by atoms with Crippen LogP contribution in [0.25, 0.3) is 11.1 Å². The summed E-state index contributed by atoms with van der Waals surface area (Å²) in [7, 11) is -3.71. The van der Waals surface area contributed by atoms with Gasteiger partial charge in [-0.1, -0.05) is 18.2 Å². The Hall–Kier alpha value is -3.06. The van der Waals surface area contributed by atoms with Gasteiger partial charge >= 0.3 is 5.97 Å². The van der Waals surface area contributed by atoms with Crippen molar-refractivity contribution < 1.29 is 40.5 Å². The highest BCUT2D eigenvalue weighted by molar-refractivity contribution is 7.89. The molecule has 2 aromatic rings. The number of carbonyl (C=O) groups excluding carboxylic acids is 2. The van der Waals surface area contributed by atoms with Gasteiger partial charge in [0, 0.05) is 24.8 Å². The minimum absolute atomic E-state index is 0.130. The predicted octanol–water partition coefficient (Wildman–Crippen LogP) is 4.05. The van der Waals surface area contributed by atoms with Gasteiger partial charge in [0.25, 0.3) is 11.8 Å². The summed E-state index contributed by atoms with van der Waals surface area (Å²) < 4.78 is 100. The van der Waals surface area contributed by atoms with E-state index in [-0.39, 0.29) is 16.7 Å². The van der Waals surface area contributed by atoms with E-state index >= 15 is 13.2 Å². The molecule has 0 saturated carbocycles. The Morgan fingerprint density at radius 2 is 1.78 bits per heavy atom. The van der Waals surface area contributed by atoms with Crippen LogP contribution in [-0.2, 0) is 30.7 Å². The number of hydrogen-bond donors (Lipinski definition) is 2. The lowest BCUT2D eigenvalue weighted by Crippen LogP contribution is -2.54. The maximum absolute atomic E-state index is 15.5. The number of alkyl halides is 2. The van der Waals surface area contributed by atoms with Crippen molar-refractivity contribution in [2.24, 2.45) is 0 Å². The first kappa shape index (κ1) is 28.5. The smallest absolute Gasteiger partial charge is 0.303 e. The molecule has 1 unspecified atom stereocenters. The van der Waals surface area contributed by atoms with Crippen LogP contribution in [0.2, 0.25) is 0 Å². The van der Waals surface area contributed by atoms with E-state index < -0.39 is 75.8 Å². The highest BCUT2D eigenvalue weighted by Gasteiger charge is 2.58. The summed E-state index contributed by atoms with van der Waals surface area (Å²) in [4.78, 5) is 25.4. The molecule has 0 aliphatic carbocycles. The fourth-order valence-corrected chi connectivity index (χ4v) is 5.22. The maximum Gasteiger partial charge on any atom is 0.303 e. The van der Waals surface area contributed by atoms with Crippen LogP contribution in [0.3, 0.4) is 0 Å². The zero-order valence-electron chi connectivity index (χ0n) is 20.4. The Kier molecular flexibility index (Phi) is 7.71. The average Bonchev–Trinajstić information content (AvgIpc) is 2.96. The van der Waals surface area contributed by atoms with E-state index in [4.69, 9.17) is 9.52 Å². The van der Waals surface area contributed by atoms with E-state index in [1.54, 1.807) is 0 Å². The molecule has 0 radical (unpaired) electrons. The summed E-state index contributed by atoms with van der Waals surface area (Å²) in [6.45, 7) is 2.28. The van der Waals surface area contributed by atoms with Gasteiger partial charge in [0.1, 0.15) is 33.4 Å². The van der Waals surface area contributed by atoms with Crippen LogP contribution < -0.4 is 4.72 Å². The molecule has 1 heterocycles. The average molecular weight is 548 g/mol. The Morgan fingerprint density at radius 1 is 1.19 bits per heavy atom. The van der Waals surface area contributed by atoms with E-state index in [0.29, 0.717) is 11.0 Å². The summed E-state index contributed by atoms with van der Waals surface area (Å²) in [6, 6.07) is 2.74. The standard InChI is InChI=1S/C24H26F5N3O4S/c1-13(33)36-23(2,3)22(34)32-12-24(28,29)21(31-37(4,30)35)19(32)10-14-6-5-7-18(20(14)27)15-8-16(25)11-17(26)9-15/h5-9,11,19,21H,10,12H2,1-4H3,(H2,30,31,35)/t19-,21+,37?/m0/s1. The Labute approximate surface area is 211 Å². The molecule has 1 saturated heterocycles. The van der Waals surface area contributed by atoms with E-state index in [0.717, 1.165) is 25.3 Å². The van der Waals surface area contributed by atoms with Crippen molar-refractivity contribution in [1.29, 1.82) is 4.78 Å². The van der Waals surface area contributed by atoms with Gasteiger partial charge in [-0.2, -0.15) is 0 Å². The monoisotopic (exact) mass is 547 g/mol. The second kappa shape index (κ2) is 10.0. The van der Waals surface area contributed by atoms with E-state index in [2.05, 4.69) is 4.72 Å². The van der Waals surface area contributed by atoms with Crippen molar-refractivity contribution in [3.05, 3.63) is 59.4 Å². The van der Waals surface area contributed by atoms with Gasteiger partial charge in [-0.05, 0) is 43.5 Å². The number of benzene rings is 2. The van der Waals surface area contributed by atoms with Crippen molar-refractivity contribution in [2.75, 3.05) is 12.8 Å². The SMILES string of the molecule is CC(=O)OC(C)(C)C(=O)N1CC(F)(F)[C@H](NS(C)(=N)=O)[C@@H]1Cc1cccc(-c2cc(F)cc(F)c2)c1F. The van der Waals surface area contributed by atoms with Crippen molar-refractivity contribution in [3.8, 4) is 11.1 Å². The molecule has 202 valence electrons. The lowest BCUT2D eigenvalue weighted by Gasteiger charge is -2.33. The fourth-order valence-electron chi connectivity index (χ4n) is 4.41. The van der Waals surface area contributed by atoms with Crippen molar-refractivity contribution >= 4 is 21.8 Å². The summed E-state index contributed by atoms with van der Waals surface area (Å²) >= 11 is 0. The van der Waals surface area contributed by atoms with E-state index in [1.807, 2.05) is 0 Å². The first-order valence-corrected chi connectivity index (χ1v) is 13.0. The van der Waals surface area contributed by atoms with Crippen molar-refractivity contribution in [1.82, 2.24) is 9.62 Å². The lowest BCUT2D eigenvalue weighted by molar-refractivity contribution is -0.169. The van der Waals surface area contributed by atoms with Gasteiger partial charge in [0.2, 0.25) is 0 Å². The Morgan fingerprint density at radius 3 is 2.32 bits per heavy atom. The quantitative estimate of drug-likeness (QED) is 0.404. The highest BCUT2D eigenvalue weighted by Crippen LogP contribution is 2.38. The summed E-state index contributed by atoms with van der Waals surface area (Å²) in [5.74, 6) is -8.38. The molecule has 3 rings (SSSR count). The van der Waals surface area contributed by atoms with E-state index in [9.17, 15) is 22.6 Å². The summed E-state index contributed by atoms with van der Waals surface area (Å²) in [6.07, 6.45) is 0.343. The molecular formula is C24H26F5N3O4S. The number of ether oxygens (including phenoxy) is 1. The summed E-state index contributed by atoms with van der Waals surface area (Å²) in [5.41, 5.74) is -2.37. The molecule has 1 fully saturated rings. The number of rotatable bonds is 7. The topological polar surface area (TPSA) is 99.6 Å². The molecule has 37 heavy (non-hydrogen) atoms. The first-order chi connectivity index (χ1) is 16.9. The molecule has 13 heteroatoms. The number of nitrogens with one attached hydrogen (secondary N) is 2. The van der Waals surface area contributed by atoms with Gasteiger partial charge in [0.05, 0.1) is 12.6 Å². The maximum atomic E-state index is 15.5. The summed E-state index contributed by atoms with van der Waals surface area (Å²) in [5, 5.41) is 0. The first-order valence-electron chi connectivity index (χ1n) is 11.0. The number of esters is 1. The molecule has 1 aliphatic heterocycles. The normalized spacial score (nSPS) is 20.9. The fraction of sp³-hybridized carbons (Fsp3) is 0.417. The van der Waals surface area contributed by atoms with Gasteiger partial charge in [0.15, 0.2) is 5.60 Å². The van der Waals surface area contributed by atoms with Crippen LogP contribution in [0.1, 0.15) is 26.3 Å². The predicted molar refractivity (Wildman–Crippen MR) is 125 cm³/mol. The molecule has 1 aliphatic rings. The third-order valence-corrected chi connectivity index (χ3v) is 6.53. The molecule has 2 aromatic carbocycles. The van der Waals surface area contributed by atoms with Crippen LogP contribution >= 0.6 is 0 Å². The largest absolute Gasteiger partial charge is 0.450 e. The van der Waals surface area contributed by atoms with Crippen LogP contribution in [0, 0.1) is 22.2 Å². The Balaban J connectivity index is 2.09. The van der Waals surface area contributed by atoms with Gasteiger partial charge in [-0.25, -0.2) is 35.7 Å². The zero-order valence-corrected chi connectivity index (χ0v) is 21.2. The third kappa shape index (κ3) is 6.45.